The van der Waals surface area contributed by atoms with Crippen LogP contribution in [0.1, 0.15) is 32.3 Å². The number of nitroso groups, excluding NO2 is 1. The SMILES string of the molecule is CCSCCCOC1(C(=O)N=O)CC(O)C(NC(C)=O)C(C(O)C(O)CNC(=O)C=Cc2ccccc2)O1. The molecule has 0 spiro atoms. The van der Waals surface area contributed by atoms with E-state index in [0.717, 1.165) is 11.3 Å². The third-order valence-corrected chi connectivity index (χ3v) is 6.75. The van der Waals surface area contributed by atoms with Gasteiger partial charge in [-0.3, -0.25) is 14.4 Å². The van der Waals surface area contributed by atoms with Crippen molar-refractivity contribution < 1.29 is 39.2 Å². The van der Waals surface area contributed by atoms with Crippen molar-refractivity contribution in [2.45, 2.75) is 62.9 Å². The van der Waals surface area contributed by atoms with Crippen molar-refractivity contribution in [3.8, 4) is 0 Å². The van der Waals surface area contributed by atoms with E-state index in [1.54, 1.807) is 42.1 Å². The number of rotatable bonds is 14. The molecular weight excluding hydrogens is 518 g/mol. The monoisotopic (exact) mass is 553 g/mol. The van der Waals surface area contributed by atoms with Crippen LogP contribution < -0.4 is 10.6 Å². The van der Waals surface area contributed by atoms with E-state index < -0.39 is 66.9 Å². The van der Waals surface area contributed by atoms with Crippen molar-refractivity contribution in [3.05, 3.63) is 46.9 Å². The molecule has 0 aromatic heterocycles. The molecule has 12 nitrogen and oxygen atoms in total. The Morgan fingerprint density at radius 3 is 2.63 bits per heavy atom. The first-order chi connectivity index (χ1) is 18.1. The molecule has 0 aliphatic carbocycles. The summed E-state index contributed by atoms with van der Waals surface area (Å²) in [5, 5.41) is 39.6. The Hall–Kier alpha value is -2.68. The lowest BCUT2D eigenvalue weighted by atomic mass is 9.88. The molecule has 38 heavy (non-hydrogen) atoms. The van der Waals surface area contributed by atoms with E-state index in [2.05, 4.69) is 15.8 Å². The van der Waals surface area contributed by atoms with Gasteiger partial charge >= 0.3 is 5.91 Å². The normalized spacial score (nSPS) is 24.9. The van der Waals surface area contributed by atoms with Gasteiger partial charge in [0, 0.05) is 31.1 Å². The van der Waals surface area contributed by atoms with Gasteiger partial charge in [0.2, 0.25) is 11.8 Å². The summed E-state index contributed by atoms with van der Waals surface area (Å²) < 4.78 is 11.3. The number of nitrogens with zero attached hydrogens (tertiary/aromatic N) is 1. The Labute approximate surface area is 225 Å². The number of benzene rings is 1. The summed E-state index contributed by atoms with van der Waals surface area (Å²) >= 11 is 1.63. The fourth-order valence-electron chi connectivity index (χ4n) is 3.90. The standard InChI is InChI=1S/C25H35N3O9S/c1-3-38-13-7-12-36-25(24(34)28-35)14-18(30)21(27-16(2)29)23(37-25)22(33)19(31)15-26-20(32)11-10-17-8-5-4-6-9-17/h4-6,8-11,18-19,21-23,30-31,33H,3,7,12-15H2,1-2H3,(H,26,32)(H,27,29). The number of nitrogens with one attached hydrogen (secondary N) is 2. The molecule has 6 atom stereocenters. The third-order valence-electron chi connectivity index (χ3n) is 5.77. The number of aliphatic hydroxyl groups excluding tert-OH is 3. The fourth-order valence-corrected chi connectivity index (χ4v) is 4.51. The van der Waals surface area contributed by atoms with Gasteiger partial charge in [0.1, 0.15) is 12.2 Å². The Bertz CT molecular complexity index is 965. The van der Waals surface area contributed by atoms with Crippen LogP contribution in [0.15, 0.2) is 41.6 Å². The first-order valence-electron chi connectivity index (χ1n) is 12.2. The number of carbonyl (C=O) groups is 3. The topological polar surface area (TPSA) is 184 Å². The summed E-state index contributed by atoms with van der Waals surface area (Å²) in [4.78, 5) is 47.6. The van der Waals surface area contributed by atoms with E-state index in [-0.39, 0.29) is 6.61 Å². The summed E-state index contributed by atoms with van der Waals surface area (Å²) in [5.41, 5.74) is 0.782. The second kappa shape index (κ2) is 15.7. The van der Waals surface area contributed by atoms with Crippen molar-refractivity contribution in [2.75, 3.05) is 24.7 Å². The smallest absolute Gasteiger partial charge is 0.345 e. The molecule has 1 heterocycles. The number of hydrogen-bond acceptors (Lipinski definition) is 10. The van der Waals surface area contributed by atoms with Gasteiger partial charge in [-0.05, 0) is 29.6 Å². The number of thioether (sulfide) groups is 1. The summed E-state index contributed by atoms with van der Waals surface area (Å²) in [5.74, 6) is -3.22. The number of carbonyl (C=O) groups excluding carboxylic acids is 3. The van der Waals surface area contributed by atoms with Crippen LogP contribution in [-0.2, 0) is 23.9 Å². The minimum absolute atomic E-state index is 0.0129. The highest BCUT2D eigenvalue weighted by molar-refractivity contribution is 7.99. The first-order valence-corrected chi connectivity index (χ1v) is 13.4. The maximum absolute atomic E-state index is 12.5. The average Bonchev–Trinajstić information content (AvgIpc) is 2.91. The molecule has 2 rings (SSSR count). The first kappa shape index (κ1) is 31.5. The number of ether oxygens (including phenoxy) is 2. The molecule has 1 aromatic rings. The van der Waals surface area contributed by atoms with E-state index in [0.29, 0.717) is 12.2 Å². The van der Waals surface area contributed by atoms with E-state index in [1.165, 1.54) is 13.0 Å². The van der Waals surface area contributed by atoms with Gasteiger partial charge < -0.3 is 35.4 Å². The van der Waals surface area contributed by atoms with Crippen LogP contribution in [0.4, 0.5) is 0 Å². The maximum atomic E-state index is 12.5. The maximum Gasteiger partial charge on any atom is 0.345 e. The molecule has 13 heteroatoms. The number of hydrogen-bond donors (Lipinski definition) is 5. The van der Waals surface area contributed by atoms with Gasteiger partial charge in [-0.15, -0.1) is 4.91 Å². The molecule has 1 aliphatic rings. The van der Waals surface area contributed by atoms with Crippen molar-refractivity contribution in [2.24, 2.45) is 5.18 Å². The fraction of sp³-hybridized carbons (Fsp3) is 0.560. The minimum atomic E-state index is -2.32. The summed E-state index contributed by atoms with van der Waals surface area (Å²) in [7, 11) is 0. The van der Waals surface area contributed by atoms with Crippen LogP contribution in [0, 0.1) is 4.91 Å². The Kier molecular flexibility index (Phi) is 13.0. The average molecular weight is 554 g/mol. The molecule has 1 saturated heterocycles. The molecule has 1 aliphatic heterocycles. The second-order valence-electron chi connectivity index (χ2n) is 8.68. The van der Waals surface area contributed by atoms with Crippen molar-refractivity contribution in [3.63, 3.8) is 0 Å². The molecule has 3 amide bonds. The summed E-state index contributed by atoms with van der Waals surface area (Å²) in [6, 6.07) is 7.77. The second-order valence-corrected chi connectivity index (χ2v) is 10.1. The van der Waals surface area contributed by atoms with Crippen LogP contribution >= 0.6 is 11.8 Å². The largest absolute Gasteiger partial charge is 0.391 e. The molecular formula is C25H35N3O9S. The predicted molar refractivity (Wildman–Crippen MR) is 141 cm³/mol. The lowest BCUT2D eigenvalue weighted by molar-refractivity contribution is -0.301. The Morgan fingerprint density at radius 1 is 1.29 bits per heavy atom. The van der Waals surface area contributed by atoms with Gasteiger partial charge in [-0.1, -0.05) is 37.3 Å². The van der Waals surface area contributed by atoms with Crippen LogP contribution in [0.25, 0.3) is 6.08 Å². The van der Waals surface area contributed by atoms with Crippen LogP contribution in [-0.4, -0.2) is 93.9 Å². The van der Waals surface area contributed by atoms with Crippen LogP contribution in [0.2, 0.25) is 0 Å². The molecule has 0 bridgehead atoms. The van der Waals surface area contributed by atoms with Gasteiger partial charge in [0.15, 0.2) is 0 Å². The molecule has 1 fully saturated rings. The van der Waals surface area contributed by atoms with Crippen LogP contribution in [0.5, 0.6) is 0 Å². The minimum Gasteiger partial charge on any atom is -0.391 e. The van der Waals surface area contributed by atoms with Gasteiger partial charge in [-0.2, -0.15) is 11.8 Å². The number of aliphatic hydroxyl groups is 3. The van der Waals surface area contributed by atoms with Crippen molar-refractivity contribution >= 4 is 35.6 Å². The lowest BCUT2D eigenvalue weighted by Gasteiger charge is -2.46. The van der Waals surface area contributed by atoms with E-state index in [9.17, 15) is 34.6 Å². The van der Waals surface area contributed by atoms with Crippen LogP contribution in [0.3, 0.4) is 0 Å². The van der Waals surface area contributed by atoms with Gasteiger partial charge in [0.05, 0.1) is 24.9 Å². The zero-order valence-corrected chi connectivity index (χ0v) is 22.1. The molecule has 210 valence electrons. The molecule has 0 radical (unpaired) electrons. The molecule has 5 N–H and O–H groups in total. The zero-order chi connectivity index (χ0) is 28.1. The Balaban J connectivity index is 2.15. The van der Waals surface area contributed by atoms with Gasteiger partial charge in [-0.25, -0.2) is 0 Å². The Morgan fingerprint density at radius 2 is 2.00 bits per heavy atom. The lowest BCUT2D eigenvalue weighted by Crippen LogP contribution is -2.68. The highest BCUT2D eigenvalue weighted by Gasteiger charge is 2.56. The molecule has 0 saturated carbocycles. The molecule has 1 aromatic carbocycles. The van der Waals surface area contributed by atoms with Crippen molar-refractivity contribution in [1.82, 2.24) is 10.6 Å². The van der Waals surface area contributed by atoms with Gasteiger partial charge in [0.25, 0.3) is 5.79 Å². The van der Waals surface area contributed by atoms with Crippen molar-refractivity contribution in [1.29, 1.82) is 0 Å². The highest BCUT2D eigenvalue weighted by Crippen LogP contribution is 2.34. The summed E-state index contributed by atoms with van der Waals surface area (Å²) in [6.07, 6.45) is -3.78. The van der Waals surface area contributed by atoms with E-state index in [1.807, 2.05) is 13.0 Å². The van der Waals surface area contributed by atoms with E-state index in [4.69, 9.17) is 9.47 Å². The number of amides is 3. The third kappa shape index (κ3) is 9.26. The zero-order valence-electron chi connectivity index (χ0n) is 21.3. The molecule has 6 unspecified atom stereocenters. The highest BCUT2D eigenvalue weighted by atomic mass is 32.2. The predicted octanol–water partition coefficient (Wildman–Crippen LogP) is 0.341. The quantitative estimate of drug-likeness (QED) is 0.122. The van der Waals surface area contributed by atoms with E-state index >= 15 is 0 Å². The summed E-state index contributed by atoms with van der Waals surface area (Å²) in [6.45, 7) is 2.72.